The lowest BCUT2D eigenvalue weighted by Crippen LogP contribution is -2.43. The third-order valence-electron chi connectivity index (χ3n) is 4.72. The summed E-state index contributed by atoms with van der Waals surface area (Å²) in [5.41, 5.74) is 1.38. The number of benzene rings is 2. The monoisotopic (exact) mass is 326 g/mol. The Hall–Kier alpha value is -1.58. The largest absolute Gasteiger partial charge is 0.491 e. The Kier molecular flexibility index (Phi) is 6.11. The number of fused-ring (bicyclic) bond motifs is 1. The molecule has 1 saturated heterocycles. The summed E-state index contributed by atoms with van der Waals surface area (Å²) < 4.78 is 6.08. The molecular formula is C21H30N2O. The van der Waals surface area contributed by atoms with Crippen LogP contribution < -0.4 is 10.1 Å². The molecule has 1 aliphatic heterocycles. The van der Waals surface area contributed by atoms with E-state index in [1.54, 1.807) is 0 Å². The Morgan fingerprint density at radius 3 is 2.62 bits per heavy atom. The fourth-order valence-corrected chi connectivity index (χ4v) is 3.51. The lowest BCUT2D eigenvalue weighted by Gasteiger charge is -2.27. The number of ether oxygens (including phenoxy) is 1. The number of hydrogen-bond donors (Lipinski definition) is 1. The molecular weight excluding hydrogens is 296 g/mol. The Morgan fingerprint density at radius 2 is 1.83 bits per heavy atom. The smallest absolute Gasteiger partial charge is 0.123 e. The first kappa shape index (κ1) is 17.2. The summed E-state index contributed by atoms with van der Waals surface area (Å²) in [4.78, 5) is 2.57. The zero-order valence-corrected chi connectivity index (χ0v) is 15.1. The minimum atomic E-state index is 0.214. The van der Waals surface area contributed by atoms with Crippen LogP contribution in [0.5, 0.6) is 5.75 Å². The summed E-state index contributed by atoms with van der Waals surface area (Å²) in [6, 6.07) is 13.0. The number of rotatable bonds is 7. The molecule has 3 heteroatoms. The van der Waals surface area contributed by atoms with Crippen LogP contribution >= 0.6 is 0 Å². The maximum Gasteiger partial charge on any atom is 0.123 e. The molecule has 0 bridgehead atoms. The van der Waals surface area contributed by atoms with Crippen molar-refractivity contribution < 1.29 is 4.74 Å². The van der Waals surface area contributed by atoms with Gasteiger partial charge in [-0.3, -0.25) is 0 Å². The molecule has 0 radical (unpaired) electrons. The normalized spacial score (nSPS) is 16.0. The van der Waals surface area contributed by atoms with E-state index in [1.165, 1.54) is 48.8 Å². The second kappa shape index (κ2) is 8.50. The van der Waals surface area contributed by atoms with Gasteiger partial charge in [-0.2, -0.15) is 0 Å². The fraction of sp³-hybridized carbons (Fsp3) is 0.524. The Morgan fingerprint density at radius 1 is 1.04 bits per heavy atom. The molecule has 24 heavy (non-hydrogen) atoms. The van der Waals surface area contributed by atoms with Gasteiger partial charge >= 0.3 is 0 Å². The molecule has 1 heterocycles. The fourth-order valence-electron chi connectivity index (χ4n) is 3.51. The molecule has 0 unspecified atom stereocenters. The van der Waals surface area contributed by atoms with E-state index in [0.29, 0.717) is 0 Å². The molecule has 3 nitrogen and oxygen atoms in total. The lowest BCUT2D eigenvalue weighted by molar-refractivity contribution is 0.234. The van der Waals surface area contributed by atoms with Crippen LogP contribution in [0.15, 0.2) is 36.4 Å². The van der Waals surface area contributed by atoms with Crippen LogP contribution in [0.4, 0.5) is 0 Å². The van der Waals surface area contributed by atoms with Gasteiger partial charge in [0.1, 0.15) is 5.75 Å². The van der Waals surface area contributed by atoms with Crippen LogP contribution in [0, 0.1) is 0 Å². The number of unbranched alkanes of at least 4 members (excludes halogenated alkanes) is 1. The highest BCUT2D eigenvalue weighted by Gasteiger charge is 2.12. The van der Waals surface area contributed by atoms with Crippen molar-refractivity contribution in [2.75, 3.05) is 32.7 Å². The van der Waals surface area contributed by atoms with Crippen molar-refractivity contribution in [1.29, 1.82) is 0 Å². The van der Waals surface area contributed by atoms with Crippen LogP contribution in [-0.4, -0.2) is 43.7 Å². The molecule has 0 saturated carbocycles. The van der Waals surface area contributed by atoms with Crippen LogP contribution in [0.1, 0.15) is 32.3 Å². The van der Waals surface area contributed by atoms with Crippen LogP contribution in [0.25, 0.3) is 10.8 Å². The first-order valence-corrected chi connectivity index (χ1v) is 9.34. The minimum Gasteiger partial charge on any atom is -0.491 e. The van der Waals surface area contributed by atoms with Gasteiger partial charge in [-0.15, -0.1) is 0 Å². The number of piperazine rings is 1. The summed E-state index contributed by atoms with van der Waals surface area (Å²) in [6.07, 6.45) is 3.78. The van der Waals surface area contributed by atoms with E-state index in [0.717, 1.165) is 25.3 Å². The number of nitrogens with one attached hydrogen (secondary N) is 1. The van der Waals surface area contributed by atoms with E-state index in [-0.39, 0.29) is 6.10 Å². The average Bonchev–Trinajstić information content (AvgIpc) is 2.60. The van der Waals surface area contributed by atoms with Gasteiger partial charge in [-0.25, -0.2) is 0 Å². The second-order valence-corrected chi connectivity index (χ2v) is 6.98. The molecule has 2 aromatic carbocycles. The maximum atomic E-state index is 6.08. The molecule has 1 aliphatic rings. The highest BCUT2D eigenvalue weighted by Crippen LogP contribution is 2.30. The van der Waals surface area contributed by atoms with Crippen LogP contribution in [0.3, 0.4) is 0 Å². The molecule has 3 rings (SSSR count). The van der Waals surface area contributed by atoms with Gasteiger partial charge < -0.3 is 15.0 Å². The van der Waals surface area contributed by atoms with Crippen LogP contribution in [-0.2, 0) is 6.42 Å². The molecule has 0 spiro atoms. The van der Waals surface area contributed by atoms with E-state index < -0.39 is 0 Å². The highest BCUT2D eigenvalue weighted by atomic mass is 16.5. The zero-order valence-electron chi connectivity index (χ0n) is 15.1. The van der Waals surface area contributed by atoms with E-state index in [2.05, 4.69) is 60.5 Å². The van der Waals surface area contributed by atoms with Gasteiger partial charge in [-0.05, 0) is 56.5 Å². The number of aryl methyl sites for hydroxylation is 1. The van der Waals surface area contributed by atoms with Crippen molar-refractivity contribution in [3.8, 4) is 5.75 Å². The van der Waals surface area contributed by atoms with E-state index in [4.69, 9.17) is 4.74 Å². The standard InChI is InChI=1S/C21H30N2O/c1-17(2)24-21-11-10-18-7-3-4-8-19(18)20(21)9-5-6-14-23-15-12-22-13-16-23/h3-4,7-8,10-11,17,22H,5-6,9,12-16H2,1-2H3. The molecule has 2 aromatic rings. The average molecular weight is 326 g/mol. The van der Waals surface area contributed by atoms with E-state index >= 15 is 0 Å². The number of hydrogen-bond acceptors (Lipinski definition) is 3. The van der Waals surface area contributed by atoms with E-state index in [9.17, 15) is 0 Å². The summed E-state index contributed by atoms with van der Waals surface area (Å²) in [5.74, 6) is 1.06. The van der Waals surface area contributed by atoms with Gasteiger partial charge in [0, 0.05) is 31.7 Å². The quantitative estimate of drug-likeness (QED) is 0.782. The number of nitrogens with zero attached hydrogens (tertiary/aromatic N) is 1. The first-order valence-electron chi connectivity index (χ1n) is 9.34. The second-order valence-electron chi connectivity index (χ2n) is 6.98. The van der Waals surface area contributed by atoms with Crippen LogP contribution in [0.2, 0.25) is 0 Å². The predicted octanol–water partition coefficient (Wildman–Crippen LogP) is 3.85. The van der Waals surface area contributed by atoms with Gasteiger partial charge in [0.25, 0.3) is 0 Å². The summed E-state index contributed by atoms with van der Waals surface area (Å²) in [7, 11) is 0. The molecule has 0 amide bonds. The Labute approximate surface area is 146 Å². The molecule has 0 atom stereocenters. The molecule has 0 aromatic heterocycles. The lowest BCUT2D eigenvalue weighted by atomic mass is 9.99. The first-order chi connectivity index (χ1) is 11.7. The SMILES string of the molecule is CC(C)Oc1ccc2ccccc2c1CCCCN1CCNCC1. The van der Waals surface area contributed by atoms with Crippen molar-refractivity contribution >= 4 is 10.8 Å². The van der Waals surface area contributed by atoms with Gasteiger partial charge in [0.05, 0.1) is 6.10 Å². The Bertz CT molecular complexity index is 647. The molecule has 130 valence electrons. The molecule has 0 aliphatic carbocycles. The van der Waals surface area contributed by atoms with Gasteiger partial charge in [0.15, 0.2) is 0 Å². The summed E-state index contributed by atoms with van der Waals surface area (Å²) in [6.45, 7) is 10.1. The van der Waals surface area contributed by atoms with Crippen molar-refractivity contribution in [2.24, 2.45) is 0 Å². The van der Waals surface area contributed by atoms with Crippen molar-refractivity contribution in [3.05, 3.63) is 42.0 Å². The topological polar surface area (TPSA) is 24.5 Å². The zero-order chi connectivity index (χ0) is 16.8. The maximum absolute atomic E-state index is 6.08. The molecule has 1 N–H and O–H groups in total. The van der Waals surface area contributed by atoms with Crippen molar-refractivity contribution in [2.45, 2.75) is 39.2 Å². The predicted molar refractivity (Wildman–Crippen MR) is 102 cm³/mol. The third-order valence-corrected chi connectivity index (χ3v) is 4.72. The minimum absolute atomic E-state index is 0.214. The Balaban J connectivity index is 1.66. The summed E-state index contributed by atoms with van der Waals surface area (Å²) in [5, 5.41) is 6.07. The summed E-state index contributed by atoms with van der Waals surface area (Å²) >= 11 is 0. The molecule has 1 fully saturated rings. The van der Waals surface area contributed by atoms with Crippen molar-refractivity contribution in [1.82, 2.24) is 10.2 Å². The highest BCUT2D eigenvalue weighted by molar-refractivity contribution is 5.87. The van der Waals surface area contributed by atoms with Crippen molar-refractivity contribution in [3.63, 3.8) is 0 Å². The third kappa shape index (κ3) is 4.49. The van der Waals surface area contributed by atoms with Gasteiger partial charge in [0.2, 0.25) is 0 Å². The van der Waals surface area contributed by atoms with Gasteiger partial charge in [-0.1, -0.05) is 30.3 Å². The van der Waals surface area contributed by atoms with E-state index in [1.807, 2.05) is 0 Å².